The van der Waals surface area contributed by atoms with Crippen molar-refractivity contribution in [3.8, 4) is 5.75 Å². The van der Waals surface area contributed by atoms with Crippen LogP contribution < -0.4 is 10.1 Å². The zero-order valence-corrected chi connectivity index (χ0v) is 14.0. The highest BCUT2D eigenvalue weighted by atomic mass is 16.5. The van der Waals surface area contributed by atoms with Crippen LogP contribution in [0.3, 0.4) is 0 Å². The molecule has 25 heavy (non-hydrogen) atoms. The van der Waals surface area contributed by atoms with Gasteiger partial charge in [-0.25, -0.2) is 0 Å². The number of amides is 1. The molecule has 2 atom stereocenters. The van der Waals surface area contributed by atoms with Crippen molar-refractivity contribution in [2.24, 2.45) is 0 Å². The minimum absolute atomic E-state index is 0.0265. The molecule has 1 amide bonds. The largest absolute Gasteiger partial charge is 0.482 e. The van der Waals surface area contributed by atoms with Crippen molar-refractivity contribution in [3.63, 3.8) is 0 Å². The summed E-state index contributed by atoms with van der Waals surface area (Å²) in [5.74, 6) is 1.77. The lowest BCUT2D eigenvalue weighted by molar-refractivity contribution is 0.0903. The quantitative estimate of drug-likeness (QED) is 0.749. The van der Waals surface area contributed by atoms with Crippen LogP contribution in [0.2, 0.25) is 0 Å². The molecule has 2 aromatic heterocycles. The van der Waals surface area contributed by atoms with E-state index in [-0.39, 0.29) is 18.1 Å². The normalized spacial score (nSPS) is 25.9. The SMILES string of the molecule is O=C(N[C@H]1COC[C@H]1Oc1cn[nH]c1)c1cc(C2CC2)[nH]c1C1CC1. The Labute approximate surface area is 145 Å². The first-order valence-electron chi connectivity index (χ1n) is 9.05. The molecule has 5 rings (SSSR count). The van der Waals surface area contributed by atoms with Crippen molar-refractivity contribution >= 4 is 5.91 Å². The maximum atomic E-state index is 12.9. The van der Waals surface area contributed by atoms with E-state index in [1.54, 1.807) is 12.4 Å². The highest BCUT2D eigenvalue weighted by molar-refractivity contribution is 5.96. The third kappa shape index (κ3) is 3.04. The summed E-state index contributed by atoms with van der Waals surface area (Å²) in [5.41, 5.74) is 3.14. The fourth-order valence-electron chi connectivity index (χ4n) is 3.50. The first-order valence-corrected chi connectivity index (χ1v) is 9.05. The average Bonchev–Trinajstić information content (AvgIpc) is 3.51. The average molecular weight is 342 g/mol. The van der Waals surface area contributed by atoms with Gasteiger partial charge in [-0.2, -0.15) is 5.10 Å². The smallest absolute Gasteiger partial charge is 0.253 e. The molecule has 3 heterocycles. The van der Waals surface area contributed by atoms with Crippen molar-refractivity contribution < 1.29 is 14.3 Å². The van der Waals surface area contributed by atoms with Gasteiger partial charge in [0, 0.05) is 11.4 Å². The van der Waals surface area contributed by atoms with Crippen molar-refractivity contribution in [1.29, 1.82) is 0 Å². The van der Waals surface area contributed by atoms with Crippen LogP contribution in [-0.2, 0) is 4.74 Å². The minimum atomic E-state index is -0.201. The zero-order chi connectivity index (χ0) is 16.8. The number of hydrogen-bond donors (Lipinski definition) is 3. The Morgan fingerprint density at radius 2 is 2.08 bits per heavy atom. The summed E-state index contributed by atoms with van der Waals surface area (Å²) in [4.78, 5) is 16.4. The van der Waals surface area contributed by atoms with E-state index in [4.69, 9.17) is 9.47 Å². The Bertz CT molecular complexity index is 761. The van der Waals surface area contributed by atoms with E-state index in [2.05, 4.69) is 26.6 Å². The van der Waals surface area contributed by atoms with Gasteiger partial charge in [-0.05, 0) is 43.6 Å². The molecule has 2 aliphatic carbocycles. The molecule has 3 fully saturated rings. The molecule has 0 unspecified atom stereocenters. The number of aromatic nitrogens is 3. The van der Waals surface area contributed by atoms with Crippen molar-refractivity contribution in [2.45, 2.75) is 49.7 Å². The van der Waals surface area contributed by atoms with E-state index in [1.807, 2.05) is 0 Å². The Morgan fingerprint density at radius 3 is 2.80 bits per heavy atom. The van der Waals surface area contributed by atoms with Gasteiger partial charge >= 0.3 is 0 Å². The molecule has 1 aliphatic heterocycles. The highest BCUT2D eigenvalue weighted by Gasteiger charge is 2.36. The molecule has 0 radical (unpaired) electrons. The summed E-state index contributed by atoms with van der Waals surface area (Å²) in [5, 5.41) is 9.72. The molecule has 132 valence electrons. The van der Waals surface area contributed by atoms with Crippen LogP contribution in [-0.4, -0.2) is 46.4 Å². The molecule has 0 bridgehead atoms. The van der Waals surface area contributed by atoms with Crippen molar-refractivity contribution in [2.75, 3.05) is 13.2 Å². The molecule has 3 aliphatic rings. The maximum Gasteiger partial charge on any atom is 0.253 e. The van der Waals surface area contributed by atoms with Gasteiger partial charge in [-0.15, -0.1) is 0 Å². The summed E-state index contributed by atoms with van der Waals surface area (Å²) in [6.45, 7) is 0.930. The number of hydrogen-bond acceptors (Lipinski definition) is 4. The number of rotatable bonds is 6. The summed E-state index contributed by atoms with van der Waals surface area (Å²) >= 11 is 0. The van der Waals surface area contributed by atoms with E-state index in [0.717, 1.165) is 11.3 Å². The second kappa shape index (κ2) is 5.91. The Kier molecular flexibility index (Phi) is 3.55. The fourth-order valence-corrected chi connectivity index (χ4v) is 3.50. The highest BCUT2D eigenvalue weighted by Crippen LogP contribution is 2.45. The van der Waals surface area contributed by atoms with Gasteiger partial charge in [-0.3, -0.25) is 9.89 Å². The monoisotopic (exact) mass is 342 g/mol. The molecule has 2 aromatic rings. The minimum Gasteiger partial charge on any atom is -0.482 e. The van der Waals surface area contributed by atoms with E-state index >= 15 is 0 Å². The van der Waals surface area contributed by atoms with Crippen LogP contribution in [0.1, 0.15) is 59.3 Å². The van der Waals surface area contributed by atoms with E-state index in [0.29, 0.717) is 30.8 Å². The van der Waals surface area contributed by atoms with Crippen molar-refractivity contribution in [3.05, 3.63) is 35.4 Å². The first kappa shape index (κ1) is 15.0. The molecule has 2 saturated carbocycles. The lowest BCUT2D eigenvalue weighted by atomic mass is 10.1. The van der Waals surface area contributed by atoms with Gasteiger partial charge in [0.2, 0.25) is 0 Å². The van der Waals surface area contributed by atoms with Crippen LogP contribution in [0.15, 0.2) is 18.5 Å². The van der Waals surface area contributed by atoms with Gasteiger partial charge < -0.3 is 19.8 Å². The third-order valence-corrected chi connectivity index (χ3v) is 5.22. The van der Waals surface area contributed by atoms with E-state index in [9.17, 15) is 4.79 Å². The van der Waals surface area contributed by atoms with E-state index < -0.39 is 0 Å². The maximum absolute atomic E-state index is 12.9. The predicted octanol–water partition coefficient (Wildman–Crippen LogP) is 2.07. The van der Waals surface area contributed by atoms with Crippen molar-refractivity contribution in [1.82, 2.24) is 20.5 Å². The molecule has 0 aromatic carbocycles. The summed E-state index contributed by atoms with van der Waals surface area (Å²) in [6, 6.07) is 1.90. The number of carbonyl (C=O) groups is 1. The van der Waals surface area contributed by atoms with Gasteiger partial charge in [0.25, 0.3) is 5.91 Å². The number of aromatic amines is 2. The second-order valence-corrected chi connectivity index (χ2v) is 7.31. The van der Waals surface area contributed by atoms with Crippen LogP contribution in [0, 0.1) is 0 Å². The summed E-state index contributed by atoms with van der Waals surface area (Å²) in [7, 11) is 0. The Balaban J connectivity index is 1.31. The lowest BCUT2D eigenvalue weighted by Crippen LogP contribution is -2.45. The zero-order valence-electron chi connectivity index (χ0n) is 14.0. The molecule has 7 nitrogen and oxygen atoms in total. The summed E-state index contributed by atoms with van der Waals surface area (Å²) < 4.78 is 11.4. The van der Waals surface area contributed by atoms with Gasteiger partial charge in [-0.1, -0.05) is 0 Å². The third-order valence-electron chi connectivity index (χ3n) is 5.22. The number of nitrogens with zero attached hydrogens (tertiary/aromatic N) is 1. The number of ether oxygens (including phenoxy) is 2. The Morgan fingerprint density at radius 1 is 1.24 bits per heavy atom. The van der Waals surface area contributed by atoms with Crippen LogP contribution >= 0.6 is 0 Å². The van der Waals surface area contributed by atoms with Crippen LogP contribution in [0.4, 0.5) is 0 Å². The molecule has 7 heteroatoms. The van der Waals surface area contributed by atoms with Gasteiger partial charge in [0.05, 0.1) is 37.2 Å². The molecular formula is C18H22N4O3. The predicted molar refractivity (Wildman–Crippen MR) is 89.8 cm³/mol. The first-order chi connectivity index (χ1) is 12.3. The Hall–Kier alpha value is -2.28. The van der Waals surface area contributed by atoms with Crippen LogP contribution in [0.5, 0.6) is 5.75 Å². The van der Waals surface area contributed by atoms with Crippen LogP contribution in [0.25, 0.3) is 0 Å². The fraction of sp³-hybridized carbons (Fsp3) is 0.556. The number of H-pyrrole nitrogens is 2. The number of nitrogens with one attached hydrogen (secondary N) is 3. The lowest BCUT2D eigenvalue weighted by Gasteiger charge is -2.19. The van der Waals surface area contributed by atoms with E-state index in [1.165, 1.54) is 31.4 Å². The molecule has 3 N–H and O–H groups in total. The molecular weight excluding hydrogens is 320 g/mol. The molecule has 1 saturated heterocycles. The van der Waals surface area contributed by atoms with Gasteiger partial charge in [0.1, 0.15) is 6.10 Å². The summed E-state index contributed by atoms with van der Waals surface area (Å²) in [6.07, 6.45) is 7.90. The molecule has 0 spiro atoms. The second-order valence-electron chi connectivity index (χ2n) is 7.31. The van der Waals surface area contributed by atoms with Gasteiger partial charge in [0.15, 0.2) is 5.75 Å². The topological polar surface area (TPSA) is 92.0 Å². The standard InChI is InChI=1S/C18H22N4O3/c23-18(13-5-14(10-1-2-10)21-17(13)11-3-4-11)22-15-8-24-9-16(15)25-12-6-19-20-7-12/h5-7,10-11,15-16,21H,1-4,8-9H2,(H,19,20)(H,22,23)/t15-,16+/m0/s1. The number of carbonyl (C=O) groups excluding carboxylic acids is 1.